The van der Waals surface area contributed by atoms with Crippen molar-refractivity contribution < 1.29 is 4.79 Å². The van der Waals surface area contributed by atoms with E-state index in [0.717, 1.165) is 56.2 Å². The van der Waals surface area contributed by atoms with Crippen LogP contribution in [0.5, 0.6) is 0 Å². The summed E-state index contributed by atoms with van der Waals surface area (Å²) >= 11 is 0. The molecule has 1 amide bonds. The Bertz CT molecular complexity index is 491. The molecule has 1 atom stereocenters. The third-order valence-corrected chi connectivity index (χ3v) is 3.55. The highest BCUT2D eigenvalue weighted by molar-refractivity contribution is 5.86. The normalized spacial score (nSPS) is 18.1. The van der Waals surface area contributed by atoms with Gasteiger partial charge in [0.05, 0.1) is 0 Å². The van der Waals surface area contributed by atoms with Crippen molar-refractivity contribution in [2.45, 2.75) is 45.6 Å². The Hall–Kier alpha value is -1.85. The average Bonchev–Trinajstić information content (AvgIpc) is 2.77. The summed E-state index contributed by atoms with van der Waals surface area (Å²) in [7, 11) is 1.83. The predicted molar refractivity (Wildman–Crippen MR) is 84.5 cm³/mol. The van der Waals surface area contributed by atoms with Gasteiger partial charge in [-0.1, -0.05) is 13.8 Å². The van der Waals surface area contributed by atoms with Crippen LogP contribution >= 0.6 is 0 Å². The van der Waals surface area contributed by atoms with Gasteiger partial charge < -0.3 is 15.5 Å². The predicted octanol–water partition coefficient (Wildman–Crippen LogP) is 1.89. The maximum atomic E-state index is 12.0. The molecule has 2 heterocycles. The fraction of sp³-hybridized carbons (Fsp3) is 0.667. The van der Waals surface area contributed by atoms with Gasteiger partial charge >= 0.3 is 0 Å². The van der Waals surface area contributed by atoms with E-state index in [1.165, 1.54) is 0 Å². The second-order valence-electron chi connectivity index (χ2n) is 5.48. The molecule has 0 spiro atoms. The number of aromatic nitrogens is 2. The molecule has 116 valence electrons. The zero-order valence-electron chi connectivity index (χ0n) is 13.1. The van der Waals surface area contributed by atoms with Gasteiger partial charge in [-0.3, -0.25) is 4.79 Å². The fourth-order valence-electron chi connectivity index (χ4n) is 2.38. The molecule has 2 rings (SSSR count). The van der Waals surface area contributed by atoms with Gasteiger partial charge in [0.25, 0.3) is 0 Å². The van der Waals surface area contributed by atoms with E-state index < -0.39 is 0 Å². The van der Waals surface area contributed by atoms with Crippen LogP contribution in [0.15, 0.2) is 6.07 Å². The van der Waals surface area contributed by atoms with Crippen LogP contribution in [0.2, 0.25) is 0 Å². The number of likely N-dealkylation sites (N-methyl/N-ethyl adjacent to an activating group) is 1. The molecule has 1 aromatic rings. The van der Waals surface area contributed by atoms with E-state index in [2.05, 4.69) is 34.4 Å². The molecule has 1 aliphatic heterocycles. The Morgan fingerprint density at radius 3 is 2.67 bits per heavy atom. The van der Waals surface area contributed by atoms with E-state index in [0.29, 0.717) is 0 Å². The lowest BCUT2D eigenvalue weighted by Gasteiger charge is -2.15. The highest BCUT2D eigenvalue weighted by Gasteiger charge is 2.29. The largest absolute Gasteiger partial charge is 0.370 e. The van der Waals surface area contributed by atoms with E-state index in [9.17, 15) is 4.79 Å². The lowest BCUT2D eigenvalue weighted by atomic mass is 10.2. The average molecular weight is 291 g/mol. The first kappa shape index (κ1) is 15.5. The van der Waals surface area contributed by atoms with Crippen LogP contribution in [0, 0.1) is 0 Å². The standard InChI is InChI=1S/C15H25N5O/c1-4-6-12-18-13(16-8-5-2)10-14(19-12)17-11-7-9-20(3)15(11)21/h10-11H,4-9H2,1-3H3,(H2,16,17,18,19). The summed E-state index contributed by atoms with van der Waals surface area (Å²) in [6.45, 7) is 5.91. The number of anilines is 2. The summed E-state index contributed by atoms with van der Waals surface area (Å²) in [5.41, 5.74) is 0. The lowest BCUT2D eigenvalue weighted by molar-refractivity contribution is -0.127. The molecule has 1 saturated heterocycles. The van der Waals surface area contributed by atoms with Crippen molar-refractivity contribution in [1.29, 1.82) is 0 Å². The van der Waals surface area contributed by atoms with Gasteiger partial charge in [0.15, 0.2) is 0 Å². The van der Waals surface area contributed by atoms with Crippen LogP contribution in [-0.2, 0) is 11.2 Å². The smallest absolute Gasteiger partial charge is 0.244 e. The van der Waals surface area contributed by atoms with Crippen LogP contribution in [0.1, 0.15) is 38.9 Å². The molecule has 21 heavy (non-hydrogen) atoms. The second kappa shape index (κ2) is 7.24. The van der Waals surface area contributed by atoms with E-state index in [4.69, 9.17) is 0 Å². The molecule has 6 nitrogen and oxygen atoms in total. The van der Waals surface area contributed by atoms with E-state index in [1.807, 2.05) is 13.1 Å². The van der Waals surface area contributed by atoms with Gasteiger partial charge in [-0.05, 0) is 19.3 Å². The Labute approximate surface area is 126 Å². The molecule has 2 N–H and O–H groups in total. The van der Waals surface area contributed by atoms with Crippen molar-refractivity contribution in [1.82, 2.24) is 14.9 Å². The molecular weight excluding hydrogens is 266 g/mol. The number of likely N-dealkylation sites (tertiary alicyclic amines) is 1. The number of amides is 1. The Morgan fingerprint density at radius 1 is 1.29 bits per heavy atom. The molecule has 0 bridgehead atoms. The number of rotatable bonds is 7. The minimum absolute atomic E-state index is 0.133. The maximum Gasteiger partial charge on any atom is 0.244 e. The Kier molecular flexibility index (Phi) is 5.36. The van der Waals surface area contributed by atoms with Crippen molar-refractivity contribution in [3.05, 3.63) is 11.9 Å². The first-order valence-corrected chi connectivity index (χ1v) is 7.77. The molecule has 1 aromatic heterocycles. The number of hydrogen-bond donors (Lipinski definition) is 2. The first-order valence-electron chi connectivity index (χ1n) is 7.77. The number of hydrogen-bond acceptors (Lipinski definition) is 5. The highest BCUT2D eigenvalue weighted by atomic mass is 16.2. The zero-order chi connectivity index (χ0) is 15.2. The van der Waals surface area contributed by atoms with Crippen molar-refractivity contribution in [3.8, 4) is 0 Å². The summed E-state index contributed by atoms with van der Waals surface area (Å²) in [5.74, 6) is 2.52. The molecule has 0 aliphatic carbocycles. The Morgan fingerprint density at radius 2 is 2.05 bits per heavy atom. The molecule has 1 aliphatic rings. The van der Waals surface area contributed by atoms with Gasteiger partial charge in [0.1, 0.15) is 23.5 Å². The lowest BCUT2D eigenvalue weighted by Crippen LogP contribution is -2.31. The topological polar surface area (TPSA) is 70.2 Å². The van der Waals surface area contributed by atoms with E-state index in [1.54, 1.807) is 4.90 Å². The van der Waals surface area contributed by atoms with Crippen LogP contribution in [0.25, 0.3) is 0 Å². The molecule has 1 fully saturated rings. The van der Waals surface area contributed by atoms with Crippen LogP contribution < -0.4 is 10.6 Å². The first-order chi connectivity index (χ1) is 10.1. The van der Waals surface area contributed by atoms with Crippen molar-refractivity contribution >= 4 is 17.5 Å². The summed E-state index contributed by atoms with van der Waals surface area (Å²) < 4.78 is 0. The van der Waals surface area contributed by atoms with Gasteiger partial charge in [0.2, 0.25) is 5.91 Å². The molecule has 0 aromatic carbocycles. The molecule has 0 radical (unpaired) electrons. The summed E-state index contributed by atoms with van der Waals surface area (Å²) in [4.78, 5) is 22.8. The van der Waals surface area contributed by atoms with Crippen molar-refractivity contribution in [3.63, 3.8) is 0 Å². The molecule has 0 saturated carbocycles. The third kappa shape index (κ3) is 4.06. The quantitative estimate of drug-likeness (QED) is 0.803. The minimum atomic E-state index is -0.168. The molecule has 1 unspecified atom stereocenters. The minimum Gasteiger partial charge on any atom is -0.370 e. The fourth-order valence-corrected chi connectivity index (χ4v) is 2.38. The molecular formula is C15H25N5O. The summed E-state index contributed by atoms with van der Waals surface area (Å²) in [6.07, 6.45) is 3.71. The summed E-state index contributed by atoms with van der Waals surface area (Å²) in [5, 5.41) is 6.55. The van der Waals surface area contributed by atoms with Crippen molar-refractivity contribution in [2.24, 2.45) is 0 Å². The number of aryl methyl sites for hydroxylation is 1. The number of carbonyl (C=O) groups excluding carboxylic acids is 1. The van der Waals surface area contributed by atoms with Gasteiger partial charge in [-0.25, -0.2) is 9.97 Å². The van der Waals surface area contributed by atoms with Gasteiger partial charge in [-0.2, -0.15) is 0 Å². The molecule has 6 heteroatoms. The van der Waals surface area contributed by atoms with E-state index >= 15 is 0 Å². The number of nitrogens with one attached hydrogen (secondary N) is 2. The SMILES string of the molecule is CCCNc1cc(NC2CCN(C)C2=O)nc(CCC)n1. The Balaban J connectivity index is 2.13. The van der Waals surface area contributed by atoms with Crippen LogP contribution in [0.4, 0.5) is 11.6 Å². The van der Waals surface area contributed by atoms with Gasteiger partial charge in [0, 0.05) is 32.6 Å². The monoisotopic (exact) mass is 291 g/mol. The maximum absolute atomic E-state index is 12.0. The zero-order valence-corrected chi connectivity index (χ0v) is 13.1. The van der Waals surface area contributed by atoms with Crippen LogP contribution in [0.3, 0.4) is 0 Å². The summed E-state index contributed by atoms with van der Waals surface area (Å²) in [6, 6.07) is 1.72. The van der Waals surface area contributed by atoms with Crippen molar-refractivity contribution in [2.75, 3.05) is 30.8 Å². The number of nitrogens with zero attached hydrogens (tertiary/aromatic N) is 3. The second-order valence-corrected chi connectivity index (χ2v) is 5.48. The van der Waals surface area contributed by atoms with Gasteiger partial charge in [-0.15, -0.1) is 0 Å². The number of carbonyl (C=O) groups is 1. The van der Waals surface area contributed by atoms with E-state index in [-0.39, 0.29) is 11.9 Å². The third-order valence-electron chi connectivity index (χ3n) is 3.55. The van der Waals surface area contributed by atoms with Crippen LogP contribution in [-0.4, -0.2) is 47.0 Å². The highest BCUT2D eigenvalue weighted by Crippen LogP contribution is 2.17.